The van der Waals surface area contributed by atoms with E-state index in [1.54, 1.807) is 40.1 Å². The Morgan fingerprint density at radius 3 is 2.23 bits per heavy atom. The van der Waals surface area contributed by atoms with Gasteiger partial charge in [0.15, 0.2) is 0 Å². The molecule has 0 spiro atoms. The quantitative estimate of drug-likeness (QED) is 0.738. The van der Waals surface area contributed by atoms with Crippen LogP contribution in [0.2, 0.25) is 0 Å². The minimum absolute atomic E-state index is 0.268. The number of nitrogens with zero attached hydrogens (tertiary/aromatic N) is 2. The first-order chi connectivity index (χ1) is 14.8. The van der Waals surface area contributed by atoms with Gasteiger partial charge in [-0.25, -0.2) is 17.6 Å². The highest BCUT2D eigenvalue weighted by molar-refractivity contribution is 7.93. The number of nitrogens with one attached hydrogen (secondary N) is 2. The third-order valence-electron chi connectivity index (χ3n) is 5.26. The Morgan fingerprint density at radius 1 is 0.903 bits per heavy atom. The molecule has 3 amide bonds. The molecule has 0 unspecified atom stereocenters. The summed E-state index contributed by atoms with van der Waals surface area (Å²) in [4.78, 5) is 28.3. The number of rotatable bonds is 5. The van der Waals surface area contributed by atoms with Gasteiger partial charge in [-0.05, 0) is 49.2 Å². The fourth-order valence-electron chi connectivity index (χ4n) is 3.41. The van der Waals surface area contributed by atoms with Crippen LogP contribution in [0.5, 0.6) is 0 Å². The van der Waals surface area contributed by atoms with Crippen molar-refractivity contribution < 1.29 is 22.4 Å². The van der Waals surface area contributed by atoms with Gasteiger partial charge >= 0.3 is 6.03 Å². The molecule has 10 heteroatoms. The van der Waals surface area contributed by atoms with Crippen LogP contribution < -0.4 is 10.0 Å². The van der Waals surface area contributed by atoms with Gasteiger partial charge in [0.1, 0.15) is 5.82 Å². The molecule has 0 bridgehead atoms. The molecule has 0 aromatic heterocycles. The molecule has 2 aromatic carbocycles. The van der Waals surface area contributed by atoms with Crippen LogP contribution in [0.15, 0.2) is 48.5 Å². The predicted octanol–water partition coefficient (Wildman–Crippen LogP) is 2.72. The molecule has 8 nitrogen and oxygen atoms in total. The van der Waals surface area contributed by atoms with Gasteiger partial charge in [-0.1, -0.05) is 12.1 Å². The normalized spacial score (nSPS) is 16.7. The summed E-state index contributed by atoms with van der Waals surface area (Å²) in [6.07, 6.45) is 1.33. The number of carbonyl (C=O) groups is 2. The van der Waals surface area contributed by atoms with Crippen molar-refractivity contribution in [2.24, 2.45) is 0 Å². The van der Waals surface area contributed by atoms with Crippen LogP contribution in [0.25, 0.3) is 0 Å². The summed E-state index contributed by atoms with van der Waals surface area (Å²) in [6, 6.07) is 11.7. The van der Waals surface area contributed by atoms with Gasteiger partial charge in [-0.2, -0.15) is 0 Å². The van der Waals surface area contributed by atoms with E-state index in [0.717, 1.165) is 0 Å². The molecule has 1 aliphatic heterocycles. The Labute approximate surface area is 180 Å². The van der Waals surface area contributed by atoms with E-state index < -0.39 is 15.8 Å². The number of benzene rings is 2. The molecular formula is C21H23FN4O4S. The van der Waals surface area contributed by atoms with Gasteiger partial charge in [0.25, 0.3) is 5.91 Å². The summed E-state index contributed by atoms with van der Waals surface area (Å²) in [7, 11) is -3.38. The third kappa shape index (κ3) is 5.13. The molecule has 0 atom stereocenters. The Balaban J connectivity index is 1.32. The zero-order valence-corrected chi connectivity index (χ0v) is 17.6. The average Bonchev–Trinajstić information content (AvgIpc) is 3.59. The lowest BCUT2D eigenvalue weighted by Crippen LogP contribution is -2.51. The highest BCUT2D eigenvalue weighted by Crippen LogP contribution is 2.30. The van der Waals surface area contributed by atoms with Crippen molar-refractivity contribution in [2.45, 2.75) is 18.1 Å². The minimum atomic E-state index is -3.38. The average molecular weight is 447 g/mol. The van der Waals surface area contributed by atoms with Crippen molar-refractivity contribution in [2.75, 3.05) is 36.2 Å². The number of anilines is 2. The molecule has 2 N–H and O–H groups in total. The Kier molecular flexibility index (Phi) is 5.81. The second-order valence-electron chi connectivity index (χ2n) is 7.65. The molecule has 0 radical (unpaired) electrons. The van der Waals surface area contributed by atoms with E-state index >= 15 is 0 Å². The lowest BCUT2D eigenvalue weighted by atomic mass is 10.2. The van der Waals surface area contributed by atoms with Crippen molar-refractivity contribution in [3.8, 4) is 0 Å². The van der Waals surface area contributed by atoms with Gasteiger partial charge in [0.05, 0.1) is 10.9 Å². The molecule has 2 aromatic rings. The topological polar surface area (TPSA) is 98.8 Å². The monoisotopic (exact) mass is 446 g/mol. The zero-order valence-electron chi connectivity index (χ0n) is 16.8. The molecule has 164 valence electrons. The summed E-state index contributed by atoms with van der Waals surface area (Å²) in [5.74, 6) is -0.735. The van der Waals surface area contributed by atoms with E-state index in [4.69, 9.17) is 0 Å². The van der Waals surface area contributed by atoms with Gasteiger partial charge in [-0.3, -0.25) is 9.52 Å². The molecule has 1 heterocycles. The maximum absolute atomic E-state index is 13.4. The van der Waals surface area contributed by atoms with E-state index in [9.17, 15) is 22.4 Å². The van der Waals surface area contributed by atoms with Crippen molar-refractivity contribution in [3.05, 3.63) is 59.9 Å². The molecule has 1 saturated carbocycles. The first kappa shape index (κ1) is 21.1. The van der Waals surface area contributed by atoms with Crippen LogP contribution in [-0.2, 0) is 10.0 Å². The number of halogens is 1. The Bertz CT molecular complexity index is 1100. The van der Waals surface area contributed by atoms with Crippen LogP contribution in [0.4, 0.5) is 20.6 Å². The predicted molar refractivity (Wildman–Crippen MR) is 115 cm³/mol. The number of urea groups is 1. The third-order valence-corrected chi connectivity index (χ3v) is 7.13. The molecule has 2 aliphatic rings. The second-order valence-corrected chi connectivity index (χ2v) is 9.61. The highest BCUT2D eigenvalue weighted by atomic mass is 32.2. The van der Waals surface area contributed by atoms with Crippen molar-refractivity contribution >= 4 is 33.3 Å². The second kappa shape index (κ2) is 8.54. The maximum Gasteiger partial charge on any atom is 0.321 e. The lowest BCUT2D eigenvalue weighted by molar-refractivity contribution is 0.0671. The minimum Gasteiger partial charge on any atom is -0.335 e. The van der Waals surface area contributed by atoms with Crippen LogP contribution >= 0.6 is 0 Å². The van der Waals surface area contributed by atoms with E-state index in [1.165, 1.54) is 18.2 Å². The Hall–Kier alpha value is -3.14. The van der Waals surface area contributed by atoms with Crippen molar-refractivity contribution in [3.63, 3.8) is 0 Å². The summed E-state index contributed by atoms with van der Waals surface area (Å²) < 4.78 is 40.1. The van der Waals surface area contributed by atoms with E-state index in [1.807, 2.05) is 0 Å². The fourth-order valence-corrected chi connectivity index (χ4v) is 4.78. The van der Waals surface area contributed by atoms with Gasteiger partial charge in [-0.15, -0.1) is 0 Å². The largest absolute Gasteiger partial charge is 0.335 e. The molecule has 2 fully saturated rings. The van der Waals surface area contributed by atoms with Crippen LogP contribution in [-0.4, -0.2) is 61.6 Å². The molecule has 4 rings (SSSR count). The standard InChI is InChI=1S/C21H23FN4O4S/c22-16-4-1-3-15(13-16)20(27)25-9-11-26(12-10-25)21(28)23-17-5-2-6-18(14-17)24-31(29,30)19-7-8-19/h1-6,13-14,19,24H,7-12H2,(H,23,28). The summed E-state index contributed by atoms with van der Waals surface area (Å²) in [6.45, 7) is 1.34. The molecular weight excluding hydrogens is 423 g/mol. The number of amides is 3. The Morgan fingerprint density at radius 2 is 1.55 bits per heavy atom. The summed E-state index contributed by atoms with van der Waals surface area (Å²) in [5.41, 5.74) is 1.15. The molecule has 31 heavy (non-hydrogen) atoms. The summed E-state index contributed by atoms with van der Waals surface area (Å²) >= 11 is 0. The zero-order chi connectivity index (χ0) is 22.0. The van der Waals surface area contributed by atoms with Gasteiger partial charge < -0.3 is 15.1 Å². The fraction of sp³-hybridized carbons (Fsp3) is 0.333. The summed E-state index contributed by atoms with van der Waals surface area (Å²) in [5, 5.41) is 2.43. The SMILES string of the molecule is O=C(Nc1cccc(NS(=O)(=O)C2CC2)c1)N1CCN(C(=O)c2cccc(F)c2)CC1. The lowest BCUT2D eigenvalue weighted by Gasteiger charge is -2.34. The van der Waals surface area contributed by atoms with Crippen LogP contribution in [0.3, 0.4) is 0 Å². The number of sulfonamides is 1. The number of piperazine rings is 1. The van der Waals surface area contributed by atoms with E-state index in [2.05, 4.69) is 10.0 Å². The first-order valence-electron chi connectivity index (χ1n) is 10.0. The molecule has 1 saturated heterocycles. The maximum atomic E-state index is 13.4. The number of hydrogen-bond acceptors (Lipinski definition) is 4. The number of hydrogen-bond donors (Lipinski definition) is 2. The van der Waals surface area contributed by atoms with Crippen LogP contribution in [0, 0.1) is 5.82 Å². The van der Waals surface area contributed by atoms with Gasteiger partial charge in [0.2, 0.25) is 10.0 Å². The van der Waals surface area contributed by atoms with Crippen LogP contribution in [0.1, 0.15) is 23.2 Å². The highest BCUT2D eigenvalue weighted by Gasteiger charge is 2.35. The smallest absolute Gasteiger partial charge is 0.321 e. The van der Waals surface area contributed by atoms with Crippen molar-refractivity contribution in [1.82, 2.24) is 9.80 Å². The van der Waals surface area contributed by atoms with E-state index in [-0.39, 0.29) is 22.8 Å². The molecule has 1 aliphatic carbocycles. The van der Waals surface area contributed by atoms with Crippen molar-refractivity contribution in [1.29, 1.82) is 0 Å². The number of carbonyl (C=O) groups excluding carboxylic acids is 2. The van der Waals surface area contributed by atoms with Gasteiger partial charge in [0, 0.05) is 37.4 Å². The van der Waals surface area contributed by atoms with E-state index in [0.29, 0.717) is 50.4 Å². The first-order valence-corrected chi connectivity index (χ1v) is 11.6.